The van der Waals surface area contributed by atoms with Crippen LogP contribution in [0.2, 0.25) is 0 Å². The smallest absolute Gasteiger partial charge is 0.343 e. The van der Waals surface area contributed by atoms with Crippen molar-refractivity contribution >= 4 is 22.8 Å². The number of pyridine rings is 2. The first-order chi connectivity index (χ1) is 18.9. The summed E-state index contributed by atoms with van der Waals surface area (Å²) in [4.78, 5) is 44.3. The predicted octanol–water partition coefficient (Wildman–Crippen LogP) is 1.99. The third-order valence-corrected chi connectivity index (χ3v) is 8.65. The Morgan fingerprint density at radius 3 is 2.80 bits per heavy atom. The average Bonchev–Trinajstić information content (AvgIpc) is 3.28. The molecule has 3 aromatic rings. The number of methoxy groups -OCH3 is 1. The van der Waals surface area contributed by atoms with Crippen molar-refractivity contribution in [1.29, 1.82) is 0 Å². The monoisotopic (exact) mass is 550 g/mol. The van der Waals surface area contributed by atoms with Gasteiger partial charge in [-0.1, -0.05) is 6.92 Å². The molecule has 6 rings (SSSR count). The summed E-state index contributed by atoms with van der Waals surface area (Å²) < 4.78 is 26.9. The number of nitrogens with zero attached hydrogens (tertiary/aromatic N) is 2. The van der Waals surface area contributed by atoms with E-state index < -0.39 is 34.6 Å². The average molecular weight is 551 g/mol. The number of aryl methyl sites for hydroxylation is 1. The van der Waals surface area contributed by atoms with Gasteiger partial charge in [0.25, 0.3) is 5.56 Å². The molecule has 0 spiro atoms. The molecule has 10 nitrogen and oxygen atoms in total. The van der Waals surface area contributed by atoms with Crippen LogP contribution in [0.15, 0.2) is 16.9 Å². The van der Waals surface area contributed by atoms with Crippen LogP contribution in [0.5, 0.6) is 0 Å². The number of nitrogens with two attached hydrogens (primary N) is 1. The quantitative estimate of drug-likeness (QED) is 0.320. The summed E-state index contributed by atoms with van der Waals surface area (Å²) in [5, 5.41) is 15.0. The third kappa shape index (κ3) is 3.57. The number of benzene rings is 1. The standard InChI is InChI=1S/C29H31FN4O6/c1-5-29(38)17-8-21-24-15(10-34(21)25(35)16(17)11-40-27(29)37)23-19(33-26(36)28(3,31)12-39-4)7-6-14-13(2)18(30)9-20(32-24)22(14)23/h8-9,19,38H,5-7,10-12,31H2,1-4H3,(H,33,36). The number of esters is 1. The van der Waals surface area contributed by atoms with Gasteiger partial charge in [-0.3, -0.25) is 9.59 Å². The number of halogens is 1. The molecule has 210 valence electrons. The zero-order chi connectivity index (χ0) is 28.7. The first kappa shape index (κ1) is 26.5. The molecule has 3 unspecified atom stereocenters. The Kier molecular flexibility index (Phi) is 5.92. The lowest BCUT2D eigenvalue weighted by Crippen LogP contribution is -2.55. The number of amides is 1. The molecule has 0 saturated carbocycles. The van der Waals surface area contributed by atoms with Gasteiger partial charge >= 0.3 is 5.97 Å². The van der Waals surface area contributed by atoms with Crippen LogP contribution in [0, 0.1) is 12.7 Å². The number of cyclic esters (lactones) is 1. The van der Waals surface area contributed by atoms with Crippen molar-refractivity contribution in [2.45, 2.75) is 70.4 Å². The second kappa shape index (κ2) is 8.92. The molecule has 3 aliphatic rings. The van der Waals surface area contributed by atoms with E-state index in [0.717, 1.165) is 22.1 Å². The number of carbonyl (C=O) groups is 2. The third-order valence-electron chi connectivity index (χ3n) is 8.65. The molecule has 4 heterocycles. The van der Waals surface area contributed by atoms with Crippen molar-refractivity contribution in [3.8, 4) is 11.4 Å². The van der Waals surface area contributed by atoms with Crippen molar-refractivity contribution in [3.63, 3.8) is 0 Å². The molecule has 1 amide bonds. The summed E-state index contributed by atoms with van der Waals surface area (Å²) in [7, 11) is 1.47. The van der Waals surface area contributed by atoms with Crippen LogP contribution in [0.25, 0.3) is 22.3 Å². The van der Waals surface area contributed by atoms with E-state index in [1.54, 1.807) is 26.8 Å². The van der Waals surface area contributed by atoms with Crippen LogP contribution >= 0.6 is 0 Å². The summed E-state index contributed by atoms with van der Waals surface area (Å²) in [5.74, 6) is -1.59. The number of fused-ring (bicyclic) bond motifs is 5. The van der Waals surface area contributed by atoms with E-state index in [9.17, 15) is 19.5 Å². The van der Waals surface area contributed by atoms with Gasteiger partial charge < -0.3 is 30.2 Å². The van der Waals surface area contributed by atoms with Gasteiger partial charge in [0.1, 0.15) is 18.0 Å². The van der Waals surface area contributed by atoms with E-state index >= 15 is 4.39 Å². The van der Waals surface area contributed by atoms with Crippen molar-refractivity contribution in [2.24, 2.45) is 5.73 Å². The number of rotatable bonds is 5. The largest absolute Gasteiger partial charge is 0.458 e. The highest BCUT2D eigenvalue weighted by molar-refractivity contribution is 5.94. The fraction of sp³-hybridized carbons (Fsp3) is 0.448. The Morgan fingerprint density at radius 1 is 1.35 bits per heavy atom. The first-order valence-electron chi connectivity index (χ1n) is 13.3. The van der Waals surface area contributed by atoms with Crippen molar-refractivity contribution < 1.29 is 28.6 Å². The molecule has 3 atom stereocenters. The maximum Gasteiger partial charge on any atom is 0.343 e. The van der Waals surface area contributed by atoms with Crippen LogP contribution in [0.3, 0.4) is 0 Å². The second-order valence-electron chi connectivity index (χ2n) is 11.2. The molecule has 0 bridgehead atoms. The number of aliphatic hydroxyl groups is 1. The summed E-state index contributed by atoms with van der Waals surface area (Å²) in [6, 6.07) is 2.52. The maximum atomic E-state index is 15.0. The molecule has 1 aromatic carbocycles. The Balaban J connectivity index is 1.60. The van der Waals surface area contributed by atoms with E-state index in [1.165, 1.54) is 17.7 Å². The van der Waals surface area contributed by atoms with Gasteiger partial charge in [0.15, 0.2) is 5.60 Å². The molecular formula is C29H31FN4O6. The number of carbonyl (C=O) groups excluding carboxylic acids is 2. The van der Waals surface area contributed by atoms with E-state index in [4.69, 9.17) is 20.2 Å². The van der Waals surface area contributed by atoms with Crippen molar-refractivity contribution in [1.82, 2.24) is 14.9 Å². The van der Waals surface area contributed by atoms with Crippen LogP contribution in [0.4, 0.5) is 4.39 Å². The van der Waals surface area contributed by atoms with E-state index in [0.29, 0.717) is 35.3 Å². The lowest BCUT2D eigenvalue weighted by Gasteiger charge is -2.32. The summed E-state index contributed by atoms with van der Waals surface area (Å²) in [6.45, 7) is 4.89. The fourth-order valence-electron chi connectivity index (χ4n) is 6.39. The molecule has 2 aliphatic heterocycles. The Bertz CT molecular complexity index is 1700. The highest BCUT2D eigenvalue weighted by Crippen LogP contribution is 2.46. The molecule has 0 fully saturated rings. The van der Waals surface area contributed by atoms with Gasteiger partial charge in [0.05, 0.1) is 41.7 Å². The van der Waals surface area contributed by atoms with Crippen LogP contribution < -0.4 is 16.6 Å². The molecular weight excluding hydrogens is 519 g/mol. The lowest BCUT2D eigenvalue weighted by atomic mass is 9.81. The summed E-state index contributed by atoms with van der Waals surface area (Å²) in [5.41, 5.74) is 7.12. The van der Waals surface area contributed by atoms with Gasteiger partial charge in [-0.2, -0.15) is 0 Å². The Morgan fingerprint density at radius 2 is 2.10 bits per heavy atom. The van der Waals surface area contributed by atoms with E-state index in [1.807, 2.05) is 0 Å². The van der Waals surface area contributed by atoms with Crippen molar-refractivity contribution in [2.75, 3.05) is 13.7 Å². The number of aromatic nitrogens is 2. The minimum absolute atomic E-state index is 0.0177. The van der Waals surface area contributed by atoms with Crippen LogP contribution in [-0.4, -0.2) is 45.8 Å². The predicted molar refractivity (Wildman–Crippen MR) is 143 cm³/mol. The summed E-state index contributed by atoms with van der Waals surface area (Å²) >= 11 is 0. The van der Waals surface area contributed by atoms with Gasteiger partial charge in [-0.05, 0) is 55.9 Å². The Hall–Kier alpha value is -3.67. The van der Waals surface area contributed by atoms with Crippen molar-refractivity contribution in [3.05, 3.63) is 61.7 Å². The number of hydrogen-bond acceptors (Lipinski definition) is 8. The van der Waals surface area contributed by atoms with E-state index in [-0.39, 0.29) is 43.1 Å². The number of nitrogens with one attached hydrogen (secondary N) is 1. The van der Waals surface area contributed by atoms with Crippen LogP contribution in [-0.2, 0) is 44.2 Å². The molecule has 2 aromatic heterocycles. The SMILES string of the molecule is CCC1(O)C(=O)OCc2c1cc1n(c2=O)Cc2c-1nc1cc(F)c(C)c3c1c2C(NC(=O)C(C)(N)COC)CC3. The Labute approximate surface area is 229 Å². The normalized spacial score (nSPS) is 22.3. The molecule has 0 saturated heterocycles. The number of ether oxygens (including phenoxy) is 2. The van der Waals surface area contributed by atoms with Gasteiger partial charge in [-0.25, -0.2) is 14.2 Å². The molecule has 40 heavy (non-hydrogen) atoms. The minimum Gasteiger partial charge on any atom is -0.458 e. The topological polar surface area (TPSA) is 146 Å². The lowest BCUT2D eigenvalue weighted by molar-refractivity contribution is -0.172. The van der Waals surface area contributed by atoms with Crippen LogP contribution in [0.1, 0.15) is 66.1 Å². The molecule has 1 aliphatic carbocycles. The zero-order valence-corrected chi connectivity index (χ0v) is 22.8. The molecule has 4 N–H and O–H groups in total. The fourth-order valence-corrected chi connectivity index (χ4v) is 6.39. The molecule has 0 radical (unpaired) electrons. The zero-order valence-electron chi connectivity index (χ0n) is 22.8. The van der Waals surface area contributed by atoms with Gasteiger partial charge in [0, 0.05) is 29.7 Å². The first-order valence-corrected chi connectivity index (χ1v) is 13.3. The minimum atomic E-state index is -1.96. The second-order valence-corrected chi connectivity index (χ2v) is 11.2. The maximum absolute atomic E-state index is 15.0. The van der Waals surface area contributed by atoms with E-state index in [2.05, 4.69) is 5.32 Å². The highest BCUT2D eigenvalue weighted by Gasteiger charge is 2.46. The summed E-state index contributed by atoms with van der Waals surface area (Å²) in [6.07, 6.45) is 1.04. The van der Waals surface area contributed by atoms with Gasteiger partial charge in [0.2, 0.25) is 5.91 Å². The number of hydrogen-bond donors (Lipinski definition) is 3. The molecule has 11 heteroatoms. The highest BCUT2D eigenvalue weighted by atomic mass is 19.1. The van der Waals surface area contributed by atoms with Gasteiger partial charge in [-0.15, -0.1) is 0 Å².